The minimum absolute atomic E-state index is 0. The highest BCUT2D eigenvalue weighted by atomic mass is 16.5. The van der Waals surface area contributed by atoms with Crippen molar-refractivity contribution in [3.8, 4) is 0 Å². The molecule has 1 unspecified atom stereocenters. The summed E-state index contributed by atoms with van der Waals surface area (Å²) in [5.74, 6) is -1.50. The summed E-state index contributed by atoms with van der Waals surface area (Å²) < 4.78 is 65.0. The van der Waals surface area contributed by atoms with Gasteiger partial charge in [0.05, 0.1) is 12.0 Å². The first-order valence-corrected chi connectivity index (χ1v) is 9.00. The fourth-order valence-electron chi connectivity index (χ4n) is 3.71. The molecular formula is C21H137NO2. The van der Waals surface area contributed by atoms with Crippen LogP contribution in [0.4, 0.5) is 0 Å². The molecule has 238 valence electrons. The molecule has 0 aromatic heterocycles. The number of benzene rings is 1. The normalized spacial score (nSPS) is 31.3. The maximum Gasteiger partial charge on any atom is 0.315 e. The van der Waals surface area contributed by atoms with Crippen molar-refractivity contribution < 1.29 is 92.8 Å². The number of hydrogen-bond donors (Lipinski definition) is 1. The van der Waals surface area contributed by atoms with Gasteiger partial charge in [-0.2, -0.15) is 0 Å². The largest absolute Gasteiger partial charge is 0.462 e. The molecule has 0 radical (unpaired) electrons. The van der Waals surface area contributed by atoms with E-state index in [0.717, 1.165) is 24.0 Å². The first-order valence-electron chi connectivity index (χ1n) is 14.5. The van der Waals surface area contributed by atoms with Gasteiger partial charge in [-0.05, 0) is 71.4 Å². The van der Waals surface area contributed by atoms with Crippen molar-refractivity contribution in [1.29, 1.82) is 0 Å². The zero-order valence-electron chi connectivity index (χ0n) is 27.2. The van der Waals surface area contributed by atoms with Crippen LogP contribution in [0.1, 0.15) is 155 Å². The number of rotatable bonds is 4. The highest BCUT2D eigenvalue weighted by Gasteiger charge is 2.48. The van der Waals surface area contributed by atoms with Crippen LogP contribution in [0.2, 0.25) is 0 Å². The van der Waals surface area contributed by atoms with Crippen LogP contribution in [-0.2, 0) is 9.53 Å². The van der Waals surface area contributed by atoms with Gasteiger partial charge < -0.3 is 10.1 Å². The molecule has 3 nitrogen and oxygen atoms in total. The van der Waals surface area contributed by atoms with Gasteiger partial charge in [-0.1, -0.05) is 31.2 Å². The summed E-state index contributed by atoms with van der Waals surface area (Å²) in [6.07, 6.45) is 1.47. The standard InChI is InChI=1S/C21H33NO2.52H2/c1-14(2)24-19(23)18(17-11-9-8-10-15(17)3)21(7)13-12-16(4)20(5,6)22-21;;;;;;;;;;;;;;;;;;;;;;;;;;;;;;;;;;;;;;;;;;;;;;;;;;;;/h8-11,14,16,18,22H,12-13H2,1-7H3;52*1H/t16?,18-,21+;;;;;;;;;;;;;;;;;;;;;;;;;;;;;;;;;;;;;;;;;;;;;;;;;;;;/m0..................................................../s1/i18D;5*1+1D;;;;;;;;;;;;;;;;;;;;;;;;;;;;;;;;;;;;;;;;;;;;;;;. The van der Waals surface area contributed by atoms with E-state index in [4.69, 9.17) is 19.6 Å². The number of ether oxygens (including phenoxy) is 1. The Hall–Kier alpha value is -1.35. The van der Waals surface area contributed by atoms with Crippen molar-refractivity contribution in [3.05, 3.63) is 35.4 Å². The third-order valence-corrected chi connectivity index (χ3v) is 5.42. The van der Waals surface area contributed by atoms with Gasteiger partial charge in [0.15, 0.2) is 0 Å². The molecule has 1 aromatic rings. The predicted octanol–water partition coefficient (Wildman–Crippen LogP) is 17.4. The van der Waals surface area contributed by atoms with Crippen molar-refractivity contribution in [3.63, 3.8) is 0 Å². The molecule has 0 amide bonds. The zero-order chi connectivity index (χ0) is 29.0. The van der Waals surface area contributed by atoms with E-state index in [2.05, 4.69) is 26.1 Å². The van der Waals surface area contributed by atoms with Crippen molar-refractivity contribution in [2.75, 3.05) is 0 Å². The van der Waals surface area contributed by atoms with Crippen LogP contribution in [0.25, 0.3) is 0 Å². The van der Waals surface area contributed by atoms with Crippen molar-refractivity contribution in [1.82, 2.24) is 5.32 Å². The highest BCUT2D eigenvalue weighted by Crippen LogP contribution is 2.42. The summed E-state index contributed by atoms with van der Waals surface area (Å²) in [6, 6.07) is 7.69. The molecule has 1 saturated heterocycles. The molecule has 1 aliphatic rings. The molecule has 1 aliphatic heterocycles. The van der Waals surface area contributed by atoms with E-state index in [1.807, 2.05) is 52.0 Å². The van der Waals surface area contributed by atoms with Crippen LogP contribution in [0.15, 0.2) is 24.3 Å². The Morgan fingerprint density at radius 3 is 2.62 bits per heavy atom. The van der Waals surface area contributed by atoms with Gasteiger partial charge in [-0.25, -0.2) is 0 Å². The molecule has 2 rings (SSSR count). The summed E-state index contributed by atoms with van der Waals surface area (Å²) in [7, 11) is 0. The summed E-state index contributed by atoms with van der Waals surface area (Å²) in [5.41, 5.74) is 0.805. The summed E-state index contributed by atoms with van der Waals surface area (Å²) in [5, 5.41) is 3.65. The molecule has 1 fully saturated rings. The minimum Gasteiger partial charge on any atom is -0.462 e. The molecule has 3 heteroatoms. The third-order valence-electron chi connectivity index (χ3n) is 5.42. The smallest absolute Gasteiger partial charge is 0.315 e. The summed E-state index contributed by atoms with van der Waals surface area (Å²) in [6.45, 7) is 14.2. The van der Waals surface area contributed by atoms with Crippen LogP contribution in [0.3, 0.4) is 0 Å². The first-order chi connectivity index (χ1) is 16.4. The first kappa shape index (κ1) is 12.1. The lowest BCUT2D eigenvalue weighted by molar-refractivity contribution is -0.152. The number of piperidine rings is 1. The second-order valence-corrected chi connectivity index (χ2v) is 8.26. The van der Waals surface area contributed by atoms with E-state index in [0.29, 0.717) is 5.92 Å². The molecule has 1 heterocycles. The molecule has 1 N–H and O–H groups in total. The Bertz CT molecular complexity index is 708. The SMILES string of the molecule is [2H][2H].[2H][2H].[2H][2H].[2H][2H].[2H][2H].[2H][C@@](C(=O)OC(C)C)(c1ccccc1C)[C@@]1(C)CCC(C)C(C)(C)N1.[HH].[HH].[HH].[HH].[HH].[HH].[HH].[HH].[HH].[HH].[HH].[HH].[HH].[HH].[HH].[HH].[HH].[HH].[HH].[HH].[HH].[HH].[HH].[HH].[HH].[HH].[HH].[HH].[HH].[HH].[HH].[HH].[HH].[HH].[HH].[HH].[HH].[HH].[HH].[HH].[HH].[HH].[HH].[HH].[HH].[HH].[HH]. The van der Waals surface area contributed by atoms with Gasteiger partial charge in [-0.15, -0.1) is 0 Å². The minimum atomic E-state index is -1.50. The van der Waals surface area contributed by atoms with Gasteiger partial charge in [0.1, 0.15) is 0 Å². The van der Waals surface area contributed by atoms with E-state index in [-0.39, 0.29) is 78.7 Å². The number of nitrogens with one attached hydrogen (secondary N) is 1. The maximum atomic E-state index is 13.2. The number of esters is 1. The van der Waals surface area contributed by atoms with E-state index >= 15 is 0 Å². The number of carbonyl (C=O) groups is 1. The molecule has 0 bridgehead atoms. The topological polar surface area (TPSA) is 38.3 Å². The quantitative estimate of drug-likeness (QED) is 0.466. The van der Waals surface area contributed by atoms with E-state index in [1.165, 1.54) is 0 Å². The number of hydrogen-bond acceptors (Lipinski definition) is 3. The molecule has 1 aromatic carbocycles. The molecule has 0 saturated carbocycles. The lowest BCUT2D eigenvalue weighted by Crippen LogP contribution is -2.64. The van der Waals surface area contributed by atoms with Crippen LogP contribution in [0, 0.1) is 12.8 Å². The van der Waals surface area contributed by atoms with Crippen LogP contribution in [0.5, 0.6) is 0 Å². The Kier molecular flexibility index (Phi) is 3.46. The predicted molar refractivity (Wildman–Crippen MR) is 209 cm³/mol. The van der Waals surface area contributed by atoms with Gasteiger partial charge >= 0.3 is 5.97 Å². The van der Waals surface area contributed by atoms with Gasteiger partial charge in [0, 0.05) is 94.3 Å². The second kappa shape index (κ2) is 6.87. The highest BCUT2D eigenvalue weighted by molar-refractivity contribution is 5.81. The van der Waals surface area contributed by atoms with E-state index in [1.54, 1.807) is 0 Å². The van der Waals surface area contributed by atoms with E-state index in [9.17, 15) is 6.17 Å². The molecule has 3 atom stereocenters. The number of aryl methyl sites for hydroxylation is 1. The van der Waals surface area contributed by atoms with Crippen molar-refractivity contribution in [2.45, 2.75) is 84.4 Å². The Morgan fingerprint density at radius 2 is 2.08 bits per heavy atom. The fraction of sp³-hybridized carbons (Fsp3) is 0.667. The average molecular weight is 447 g/mol. The zero-order valence-corrected chi connectivity index (χ0v) is 16.2. The monoisotopic (exact) mass is 447 g/mol. The Labute approximate surface area is 233 Å². The maximum absolute atomic E-state index is 13.2. The lowest BCUT2D eigenvalue weighted by Gasteiger charge is -2.51. The average Bonchev–Trinajstić information content (AvgIpc) is 2.87. The van der Waals surface area contributed by atoms with Crippen LogP contribution >= 0.6 is 0 Å². The van der Waals surface area contributed by atoms with Crippen LogP contribution in [-0.4, -0.2) is 23.2 Å². The lowest BCUT2D eigenvalue weighted by atomic mass is 9.68. The molecule has 0 aliphatic carbocycles. The summed E-state index contributed by atoms with van der Waals surface area (Å²) >= 11 is 0. The molecule has 24 heavy (non-hydrogen) atoms. The van der Waals surface area contributed by atoms with Gasteiger partial charge in [0.25, 0.3) is 0 Å². The van der Waals surface area contributed by atoms with Crippen molar-refractivity contribution >= 4 is 5.97 Å². The van der Waals surface area contributed by atoms with Gasteiger partial charge in [0.2, 0.25) is 0 Å². The molecule has 0 spiro atoms. The number of carbonyl (C=O) groups excluding carboxylic acids is 1. The Morgan fingerprint density at radius 1 is 1.46 bits per heavy atom. The summed E-state index contributed by atoms with van der Waals surface area (Å²) in [4.78, 5) is 13.2. The fourth-order valence-corrected chi connectivity index (χ4v) is 3.71. The second-order valence-electron chi connectivity index (χ2n) is 8.26. The Balaban J connectivity index is -0.00000000328. The van der Waals surface area contributed by atoms with E-state index < -0.39 is 17.4 Å². The third kappa shape index (κ3) is 3.83. The van der Waals surface area contributed by atoms with Gasteiger partial charge in [-0.3, -0.25) is 4.79 Å². The van der Waals surface area contributed by atoms with Crippen LogP contribution < -0.4 is 5.32 Å². The van der Waals surface area contributed by atoms with Crippen molar-refractivity contribution in [2.24, 2.45) is 5.92 Å². The molecular weight excluding hydrogens is 298 g/mol.